The summed E-state index contributed by atoms with van der Waals surface area (Å²) in [6, 6.07) is 22.5. The number of para-hydroxylation sites is 2. The molecule has 0 fully saturated rings. The molecule has 0 heterocycles. The lowest BCUT2D eigenvalue weighted by atomic mass is 10.1. The molecule has 6 heteroatoms. The standard InChI is InChI=1S/C22H22N2O3S/c1-3-17-10-7-8-15-21(17)23-28(26,27)20-14-9-11-18(16-20)22(25)24(2)19-12-5-4-6-13-19/h4-16,23H,3H2,1-2H3. The highest BCUT2D eigenvalue weighted by Gasteiger charge is 2.19. The predicted molar refractivity (Wildman–Crippen MR) is 112 cm³/mol. The van der Waals surface area contributed by atoms with E-state index in [2.05, 4.69) is 4.72 Å². The van der Waals surface area contributed by atoms with Crippen LogP contribution < -0.4 is 9.62 Å². The normalized spacial score (nSPS) is 11.1. The molecule has 0 bridgehead atoms. The Balaban J connectivity index is 1.89. The molecule has 0 unspecified atom stereocenters. The SMILES string of the molecule is CCc1ccccc1NS(=O)(=O)c1cccc(C(=O)N(C)c2ccccc2)c1. The van der Waals surface area contributed by atoms with Gasteiger partial charge in [0.1, 0.15) is 0 Å². The van der Waals surface area contributed by atoms with Gasteiger partial charge in [-0.1, -0.05) is 49.4 Å². The number of nitrogens with one attached hydrogen (secondary N) is 1. The van der Waals surface area contributed by atoms with Crippen LogP contribution >= 0.6 is 0 Å². The molecule has 0 spiro atoms. The second kappa shape index (κ2) is 8.27. The summed E-state index contributed by atoms with van der Waals surface area (Å²) in [7, 11) is -2.15. The number of hydrogen-bond donors (Lipinski definition) is 1. The number of hydrogen-bond acceptors (Lipinski definition) is 3. The summed E-state index contributed by atoms with van der Waals surface area (Å²) < 4.78 is 28.3. The van der Waals surface area contributed by atoms with Crippen molar-refractivity contribution in [3.63, 3.8) is 0 Å². The van der Waals surface area contributed by atoms with Crippen LogP contribution in [-0.2, 0) is 16.4 Å². The minimum atomic E-state index is -3.81. The summed E-state index contributed by atoms with van der Waals surface area (Å²) in [6.45, 7) is 1.96. The monoisotopic (exact) mass is 394 g/mol. The Morgan fingerprint density at radius 2 is 1.61 bits per heavy atom. The second-order valence-electron chi connectivity index (χ2n) is 6.34. The van der Waals surface area contributed by atoms with Gasteiger partial charge in [0.05, 0.1) is 10.6 Å². The average Bonchev–Trinajstić information content (AvgIpc) is 2.73. The Bertz CT molecular complexity index is 1080. The number of carbonyl (C=O) groups excluding carboxylic acids is 1. The van der Waals surface area contributed by atoms with Gasteiger partial charge in [-0.05, 0) is 48.4 Å². The van der Waals surface area contributed by atoms with Crippen molar-refractivity contribution in [2.45, 2.75) is 18.2 Å². The minimum absolute atomic E-state index is 0.0470. The molecule has 0 atom stereocenters. The molecule has 3 aromatic carbocycles. The van der Waals surface area contributed by atoms with Crippen molar-refractivity contribution in [2.24, 2.45) is 0 Å². The van der Waals surface area contributed by atoms with Crippen molar-refractivity contribution in [2.75, 3.05) is 16.7 Å². The summed E-state index contributed by atoms with van der Waals surface area (Å²) in [5.41, 5.74) is 2.49. The Morgan fingerprint density at radius 1 is 0.929 bits per heavy atom. The zero-order valence-electron chi connectivity index (χ0n) is 15.8. The predicted octanol–water partition coefficient (Wildman–Crippen LogP) is 4.33. The molecule has 3 rings (SSSR count). The molecular formula is C22H22N2O3S. The maximum atomic E-state index is 12.8. The molecule has 0 radical (unpaired) electrons. The van der Waals surface area contributed by atoms with E-state index in [4.69, 9.17) is 0 Å². The molecule has 5 nitrogen and oxygen atoms in total. The van der Waals surface area contributed by atoms with E-state index in [1.165, 1.54) is 17.0 Å². The molecule has 0 saturated carbocycles. The van der Waals surface area contributed by atoms with Crippen LogP contribution in [0.2, 0.25) is 0 Å². The van der Waals surface area contributed by atoms with Crippen molar-refractivity contribution in [3.05, 3.63) is 90.0 Å². The zero-order chi connectivity index (χ0) is 20.1. The van der Waals surface area contributed by atoms with Gasteiger partial charge in [0, 0.05) is 18.3 Å². The second-order valence-corrected chi connectivity index (χ2v) is 8.03. The highest BCUT2D eigenvalue weighted by molar-refractivity contribution is 7.92. The van der Waals surface area contributed by atoms with E-state index in [0.717, 1.165) is 11.3 Å². The summed E-state index contributed by atoms with van der Waals surface area (Å²) in [4.78, 5) is 14.3. The largest absolute Gasteiger partial charge is 0.311 e. The molecule has 0 saturated heterocycles. The van der Waals surface area contributed by atoms with Crippen molar-refractivity contribution in [1.29, 1.82) is 0 Å². The fourth-order valence-electron chi connectivity index (χ4n) is 2.89. The van der Waals surface area contributed by atoms with Gasteiger partial charge in [0.15, 0.2) is 0 Å². The van der Waals surface area contributed by atoms with Gasteiger partial charge in [-0.2, -0.15) is 0 Å². The number of sulfonamides is 1. The Hall–Kier alpha value is -3.12. The number of rotatable bonds is 6. The van der Waals surface area contributed by atoms with Crippen molar-refractivity contribution < 1.29 is 13.2 Å². The Morgan fingerprint density at radius 3 is 2.32 bits per heavy atom. The summed E-state index contributed by atoms with van der Waals surface area (Å²) >= 11 is 0. The summed E-state index contributed by atoms with van der Waals surface area (Å²) in [6.07, 6.45) is 0.707. The van der Waals surface area contributed by atoms with E-state index >= 15 is 0 Å². The zero-order valence-corrected chi connectivity index (χ0v) is 16.6. The third-order valence-electron chi connectivity index (χ3n) is 4.48. The number of aryl methyl sites for hydroxylation is 1. The minimum Gasteiger partial charge on any atom is -0.311 e. The van der Waals surface area contributed by atoms with Crippen LogP contribution in [0, 0.1) is 0 Å². The third kappa shape index (κ3) is 4.23. The molecule has 144 valence electrons. The molecule has 0 aromatic heterocycles. The number of carbonyl (C=O) groups is 1. The fraction of sp³-hybridized carbons (Fsp3) is 0.136. The summed E-state index contributed by atoms with van der Waals surface area (Å²) in [5.74, 6) is -0.280. The first-order valence-electron chi connectivity index (χ1n) is 8.96. The van der Waals surface area contributed by atoms with Crippen molar-refractivity contribution >= 4 is 27.3 Å². The molecule has 1 N–H and O–H groups in total. The third-order valence-corrected chi connectivity index (χ3v) is 5.85. The topological polar surface area (TPSA) is 66.5 Å². The fourth-order valence-corrected chi connectivity index (χ4v) is 4.04. The molecule has 0 aliphatic heterocycles. The highest BCUT2D eigenvalue weighted by Crippen LogP contribution is 2.22. The van der Waals surface area contributed by atoms with E-state index in [-0.39, 0.29) is 10.8 Å². The van der Waals surface area contributed by atoms with Crippen LogP contribution in [0.3, 0.4) is 0 Å². The number of benzene rings is 3. The lowest BCUT2D eigenvalue weighted by molar-refractivity contribution is 0.0993. The van der Waals surface area contributed by atoms with Crippen molar-refractivity contribution in [1.82, 2.24) is 0 Å². The first-order chi connectivity index (χ1) is 13.4. The van der Waals surface area contributed by atoms with Crippen LogP contribution in [0.15, 0.2) is 83.8 Å². The highest BCUT2D eigenvalue weighted by atomic mass is 32.2. The van der Waals surface area contributed by atoms with Crippen LogP contribution in [0.4, 0.5) is 11.4 Å². The molecule has 0 aliphatic rings. The molecule has 3 aromatic rings. The Kier molecular flexibility index (Phi) is 5.80. The van der Waals surface area contributed by atoms with E-state index in [9.17, 15) is 13.2 Å². The first-order valence-corrected chi connectivity index (χ1v) is 10.4. The smallest absolute Gasteiger partial charge is 0.261 e. The van der Waals surface area contributed by atoms with E-state index in [1.807, 2.05) is 49.4 Å². The van der Waals surface area contributed by atoms with E-state index in [0.29, 0.717) is 17.7 Å². The van der Waals surface area contributed by atoms with Gasteiger partial charge < -0.3 is 4.90 Å². The lowest BCUT2D eigenvalue weighted by Crippen LogP contribution is -2.26. The van der Waals surface area contributed by atoms with Gasteiger partial charge in [-0.3, -0.25) is 9.52 Å². The summed E-state index contributed by atoms with van der Waals surface area (Å²) in [5, 5.41) is 0. The van der Waals surface area contributed by atoms with E-state index < -0.39 is 10.0 Å². The number of anilines is 2. The van der Waals surface area contributed by atoms with Gasteiger partial charge >= 0.3 is 0 Å². The van der Waals surface area contributed by atoms with Gasteiger partial charge in [0.25, 0.3) is 15.9 Å². The quantitative estimate of drug-likeness (QED) is 0.677. The van der Waals surface area contributed by atoms with Crippen LogP contribution in [-0.4, -0.2) is 21.4 Å². The molecular weight excluding hydrogens is 372 g/mol. The number of nitrogens with zero attached hydrogens (tertiary/aromatic N) is 1. The number of amides is 1. The van der Waals surface area contributed by atoms with E-state index in [1.54, 1.807) is 31.3 Å². The van der Waals surface area contributed by atoms with Gasteiger partial charge in [0.2, 0.25) is 0 Å². The van der Waals surface area contributed by atoms with Crippen molar-refractivity contribution in [3.8, 4) is 0 Å². The maximum absolute atomic E-state index is 12.8. The molecule has 28 heavy (non-hydrogen) atoms. The average molecular weight is 394 g/mol. The van der Waals surface area contributed by atoms with Crippen LogP contribution in [0.1, 0.15) is 22.8 Å². The van der Waals surface area contributed by atoms with Crippen LogP contribution in [0.25, 0.3) is 0 Å². The molecule has 1 amide bonds. The molecule has 0 aliphatic carbocycles. The van der Waals surface area contributed by atoms with Crippen LogP contribution in [0.5, 0.6) is 0 Å². The first kappa shape index (κ1) is 19.6. The van der Waals surface area contributed by atoms with Gasteiger partial charge in [-0.25, -0.2) is 8.42 Å². The maximum Gasteiger partial charge on any atom is 0.261 e. The lowest BCUT2D eigenvalue weighted by Gasteiger charge is -2.18. The Labute approximate surface area is 165 Å². The van der Waals surface area contributed by atoms with Gasteiger partial charge in [-0.15, -0.1) is 0 Å².